The number of aliphatic imine (C=N–C) groups is 1. The van der Waals surface area contributed by atoms with E-state index in [4.69, 9.17) is 5.73 Å². The van der Waals surface area contributed by atoms with Gasteiger partial charge in [-0.2, -0.15) is 0 Å². The number of aryl methyl sites for hydroxylation is 1. The van der Waals surface area contributed by atoms with Gasteiger partial charge in [-0.25, -0.2) is 0 Å². The lowest BCUT2D eigenvalue weighted by Gasteiger charge is -2.29. The molecule has 1 saturated heterocycles. The molecule has 0 aliphatic carbocycles. The highest BCUT2D eigenvalue weighted by Gasteiger charge is 2.15. The van der Waals surface area contributed by atoms with E-state index in [2.05, 4.69) is 22.1 Å². The summed E-state index contributed by atoms with van der Waals surface area (Å²) in [5.74, 6) is 0.466. The van der Waals surface area contributed by atoms with Crippen LogP contribution >= 0.6 is 24.0 Å². The Morgan fingerprint density at radius 1 is 1.32 bits per heavy atom. The summed E-state index contributed by atoms with van der Waals surface area (Å²) in [6.07, 6.45) is 2.67. The lowest BCUT2D eigenvalue weighted by atomic mass is 10.1. The van der Waals surface area contributed by atoms with Crippen LogP contribution in [0.2, 0.25) is 0 Å². The zero-order valence-corrected chi connectivity index (χ0v) is 15.5. The molecule has 0 radical (unpaired) electrons. The molecule has 1 fully saturated rings. The van der Waals surface area contributed by atoms with Gasteiger partial charge in [-0.05, 0) is 44.9 Å². The highest BCUT2D eigenvalue weighted by atomic mass is 127. The molecule has 0 bridgehead atoms. The Kier molecular flexibility index (Phi) is 8.74. The maximum atomic E-state index is 9.46. The van der Waals surface area contributed by atoms with E-state index < -0.39 is 0 Å². The minimum Gasteiger partial charge on any atom is -0.393 e. The Bertz CT molecular complexity index is 456. The molecule has 22 heavy (non-hydrogen) atoms. The summed E-state index contributed by atoms with van der Waals surface area (Å²) in [6, 6.07) is 8.08. The van der Waals surface area contributed by atoms with Crippen LogP contribution in [0.4, 0.5) is 5.69 Å². The molecule has 124 valence electrons. The van der Waals surface area contributed by atoms with Gasteiger partial charge in [-0.3, -0.25) is 4.99 Å². The standard InChI is InChI=1S/C16H26N4O.HI/c1-13-3-5-14(6-4-13)19-16(17)18-9-2-10-20-11-7-15(21)8-12-20;/h3-6,15,21H,2,7-12H2,1H3,(H3,17,18,19);1H. The number of likely N-dealkylation sites (tertiary alicyclic amines) is 1. The van der Waals surface area contributed by atoms with Crippen LogP contribution in [-0.2, 0) is 0 Å². The smallest absolute Gasteiger partial charge is 0.193 e. The molecular weight excluding hydrogens is 391 g/mol. The summed E-state index contributed by atoms with van der Waals surface area (Å²) in [4.78, 5) is 6.73. The Morgan fingerprint density at radius 3 is 2.59 bits per heavy atom. The number of aliphatic hydroxyl groups excluding tert-OH is 1. The maximum absolute atomic E-state index is 9.46. The van der Waals surface area contributed by atoms with Gasteiger partial charge in [0.05, 0.1) is 6.10 Å². The van der Waals surface area contributed by atoms with E-state index in [1.54, 1.807) is 0 Å². The van der Waals surface area contributed by atoms with Crippen molar-refractivity contribution in [3.8, 4) is 0 Å². The summed E-state index contributed by atoms with van der Waals surface area (Å²) in [7, 11) is 0. The number of benzene rings is 1. The molecule has 1 aliphatic rings. The van der Waals surface area contributed by atoms with Gasteiger partial charge in [0, 0.05) is 25.3 Å². The fraction of sp³-hybridized carbons (Fsp3) is 0.562. The van der Waals surface area contributed by atoms with Crippen LogP contribution in [0.5, 0.6) is 0 Å². The number of piperidine rings is 1. The number of nitrogens with one attached hydrogen (secondary N) is 1. The Morgan fingerprint density at radius 2 is 1.95 bits per heavy atom. The number of rotatable bonds is 5. The van der Waals surface area contributed by atoms with Crippen LogP contribution in [0.1, 0.15) is 24.8 Å². The van der Waals surface area contributed by atoms with Gasteiger partial charge in [0.25, 0.3) is 0 Å². The van der Waals surface area contributed by atoms with E-state index in [0.29, 0.717) is 5.96 Å². The van der Waals surface area contributed by atoms with Crippen molar-refractivity contribution in [1.82, 2.24) is 4.90 Å². The second-order valence-electron chi connectivity index (χ2n) is 5.68. The number of hydrogen-bond donors (Lipinski definition) is 3. The van der Waals surface area contributed by atoms with E-state index in [9.17, 15) is 5.11 Å². The molecule has 1 aromatic rings. The fourth-order valence-electron chi connectivity index (χ4n) is 2.46. The number of anilines is 1. The maximum Gasteiger partial charge on any atom is 0.193 e. The van der Waals surface area contributed by atoms with E-state index in [1.165, 1.54) is 5.56 Å². The Balaban J connectivity index is 0.00000242. The van der Waals surface area contributed by atoms with Gasteiger partial charge < -0.3 is 21.1 Å². The zero-order valence-electron chi connectivity index (χ0n) is 13.2. The third-order valence-electron chi connectivity index (χ3n) is 3.80. The third-order valence-corrected chi connectivity index (χ3v) is 3.80. The van der Waals surface area contributed by atoms with Crippen molar-refractivity contribution in [1.29, 1.82) is 0 Å². The van der Waals surface area contributed by atoms with Crippen molar-refractivity contribution in [3.05, 3.63) is 29.8 Å². The summed E-state index contributed by atoms with van der Waals surface area (Å²) >= 11 is 0. The minimum absolute atomic E-state index is 0. The van der Waals surface area contributed by atoms with Gasteiger partial charge in [0.15, 0.2) is 5.96 Å². The number of nitrogens with two attached hydrogens (primary N) is 1. The summed E-state index contributed by atoms with van der Waals surface area (Å²) in [5.41, 5.74) is 8.06. The van der Waals surface area contributed by atoms with E-state index in [1.807, 2.05) is 24.3 Å². The van der Waals surface area contributed by atoms with Crippen LogP contribution in [0.25, 0.3) is 0 Å². The SMILES string of the molecule is Cc1ccc(NC(N)=NCCCN2CCC(O)CC2)cc1.I. The van der Waals surface area contributed by atoms with Crippen molar-refractivity contribution in [2.75, 3.05) is 31.5 Å². The van der Waals surface area contributed by atoms with Gasteiger partial charge >= 0.3 is 0 Å². The van der Waals surface area contributed by atoms with Crippen molar-refractivity contribution >= 4 is 35.6 Å². The second kappa shape index (κ2) is 10.0. The second-order valence-corrected chi connectivity index (χ2v) is 5.68. The quantitative estimate of drug-likeness (QED) is 0.297. The molecular formula is C16H27IN4O. The predicted molar refractivity (Wildman–Crippen MR) is 103 cm³/mol. The highest BCUT2D eigenvalue weighted by molar-refractivity contribution is 14.0. The van der Waals surface area contributed by atoms with E-state index in [-0.39, 0.29) is 30.1 Å². The topological polar surface area (TPSA) is 73.9 Å². The molecule has 5 nitrogen and oxygen atoms in total. The molecule has 4 N–H and O–H groups in total. The van der Waals surface area contributed by atoms with Crippen LogP contribution in [0.15, 0.2) is 29.3 Å². The molecule has 0 spiro atoms. The first-order valence-corrected chi connectivity index (χ1v) is 7.67. The lowest BCUT2D eigenvalue weighted by Crippen LogP contribution is -2.36. The fourth-order valence-corrected chi connectivity index (χ4v) is 2.46. The highest BCUT2D eigenvalue weighted by Crippen LogP contribution is 2.10. The van der Waals surface area contributed by atoms with E-state index in [0.717, 1.165) is 51.1 Å². The zero-order chi connectivity index (χ0) is 15.1. The van der Waals surface area contributed by atoms with Crippen molar-refractivity contribution in [2.24, 2.45) is 10.7 Å². The third kappa shape index (κ3) is 6.93. The summed E-state index contributed by atoms with van der Waals surface area (Å²) in [5, 5.41) is 12.5. The van der Waals surface area contributed by atoms with Crippen LogP contribution in [-0.4, -0.2) is 48.2 Å². The first kappa shape index (κ1) is 19.2. The molecule has 1 heterocycles. The largest absolute Gasteiger partial charge is 0.393 e. The molecule has 0 atom stereocenters. The first-order chi connectivity index (χ1) is 10.1. The number of aliphatic hydroxyl groups is 1. The van der Waals surface area contributed by atoms with Gasteiger partial charge in [0.2, 0.25) is 0 Å². The summed E-state index contributed by atoms with van der Waals surface area (Å²) < 4.78 is 0. The Hall–Kier alpha value is -0.860. The number of nitrogens with zero attached hydrogens (tertiary/aromatic N) is 2. The molecule has 0 saturated carbocycles. The Labute approximate surface area is 150 Å². The monoisotopic (exact) mass is 418 g/mol. The molecule has 0 amide bonds. The van der Waals surface area contributed by atoms with Crippen LogP contribution < -0.4 is 11.1 Å². The lowest BCUT2D eigenvalue weighted by molar-refractivity contribution is 0.0824. The van der Waals surface area contributed by atoms with Gasteiger partial charge in [-0.15, -0.1) is 24.0 Å². The molecule has 6 heteroatoms. The van der Waals surface area contributed by atoms with Crippen LogP contribution in [0, 0.1) is 6.92 Å². The molecule has 1 aromatic carbocycles. The van der Waals surface area contributed by atoms with Gasteiger partial charge in [0.1, 0.15) is 0 Å². The van der Waals surface area contributed by atoms with Crippen molar-refractivity contribution in [3.63, 3.8) is 0 Å². The van der Waals surface area contributed by atoms with Crippen molar-refractivity contribution in [2.45, 2.75) is 32.3 Å². The molecule has 2 rings (SSSR count). The number of guanidine groups is 1. The van der Waals surface area contributed by atoms with Crippen LogP contribution in [0.3, 0.4) is 0 Å². The van der Waals surface area contributed by atoms with Gasteiger partial charge in [-0.1, -0.05) is 17.7 Å². The van der Waals surface area contributed by atoms with E-state index >= 15 is 0 Å². The molecule has 1 aliphatic heterocycles. The average molecular weight is 418 g/mol. The minimum atomic E-state index is -0.103. The average Bonchev–Trinajstić information content (AvgIpc) is 2.48. The normalized spacial score (nSPS) is 17.1. The molecule has 0 aromatic heterocycles. The first-order valence-electron chi connectivity index (χ1n) is 7.67. The molecule has 0 unspecified atom stereocenters. The van der Waals surface area contributed by atoms with Crippen molar-refractivity contribution < 1.29 is 5.11 Å². The number of halogens is 1. The number of hydrogen-bond acceptors (Lipinski definition) is 3. The summed E-state index contributed by atoms with van der Waals surface area (Å²) in [6.45, 7) is 5.78. The predicted octanol–water partition coefficient (Wildman–Crippen LogP) is 2.19.